The lowest BCUT2D eigenvalue weighted by atomic mass is 9.84. The van der Waals surface area contributed by atoms with Crippen LogP contribution in [0.3, 0.4) is 0 Å². The first-order valence-electron chi connectivity index (χ1n) is 10.7. The van der Waals surface area contributed by atoms with Crippen LogP contribution in [0.2, 0.25) is 0 Å². The molecule has 31 heavy (non-hydrogen) atoms. The molecule has 0 unspecified atom stereocenters. The van der Waals surface area contributed by atoms with Crippen LogP contribution in [0.5, 0.6) is 0 Å². The van der Waals surface area contributed by atoms with E-state index in [9.17, 15) is 14.4 Å². The van der Waals surface area contributed by atoms with E-state index in [1.54, 1.807) is 39.1 Å². The number of esters is 1. The molecule has 0 fully saturated rings. The number of allylic oxidation sites excluding steroid dienone is 1. The summed E-state index contributed by atoms with van der Waals surface area (Å²) in [5, 5.41) is 5.80. The first-order chi connectivity index (χ1) is 14.4. The SMILES string of the molecule is CCOC(=O)C1=C(C)N(C)C(=O)N[C@H]1c1cccc(NC(=O)C[C@@H](C)CC(C)(C)C)c1. The van der Waals surface area contributed by atoms with E-state index in [0.717, 1.165) is 6.42 Å². The molecule has 0 spiro atoms. The lowest BCUT2D eigenvalue weighted by molar-refractivity contribution is -0.139. The average molecular weight is 430 g/mol. The Kier molecular flexibility index (Phi) is 7.87. The molecule has 1 heterocycles. The highest BCUT2D eigenvalue weighted by Crippen LogP contribution is 2.32. The van der Waals surface area contributed by atoms with Crippen molar-refractivity contribution in [2.45, 2.75) is 60.4 Å². The standard InChI is InChI=1S/C24H35N3O4/c1-8-31-22(29)20-16(3)27(7)23(30)26-21(20)17-10-9-11-18(13-17)25-19(28)12-15(2)14-24(4,5)6/h9-11,13,15,21H,8,12,14H2,1-7H3,(H,25,28)(H,26,30)/t15-,21+/m1/s1. The van der Waals surface area contributed by atoms with Crippen molar-refractivity contribution >= 4 is 23.6 Å². The Morgan fingerprint density at radius 3 is 2.58 bits per heavy atom. The summed E-state index contributed by atoms with van der Waals surface area (Å²) in [5.74, 6) is -0.265. The molecule has 1 aliphatic heterocycles. The molecule has 0 saturated carbocycles. The minimum atomic E-state index is -0.653. The van der Waals surface area contributed by atoms with Crippen LogP contribution in [0.15, 0.2) is 35.5 Å². The molecule has 0 radical (unpaired) electrons. The van der Waals surface area contributed by atoms with Gasteiger partial charge in [0.25, 0.3) is 0 Å². The highest BCUT2D eigenvalue weighted by atomic mass is 16.5. The Morgan fingerprint density at radius 1 is 1.29 bits per heavy atom. The Bertz CT molecular complexity index is 870. The number of nitrogens with one attached hydrogen (secondary N) is 2. The van der Waals surface area contributed by atoms with Crippen LogP contribution in [0.25, 0.3) is 0 Å². The van der Waals surface area contributed by atoms with Gasteiger partial charge in [-0.3, -0.25) is 4.79 Å². The van der Waals surface area contributed by atoms with Gasteiger partial charge in [0.15, 0.2) is 0 Å². The molecule has 2 atom stereocenters. The summed E-state index contributed by atoms with van der Waals surface area (Å²) in [4.78, 5) is 38.9. The fourth-order valence-electron chi connectivity index (χ4n) is 4.00. The topological polar surface area (TPSA) is 87.7 Å². The number of carbonyl (C=O) groups is 3. The van der Waals surface area contributed by atoms with E-state index in [-0.39, 0.29) is 29.9 Å². The third kappa shape index (κ3) is 6.57. The second-order valence-corrected chi connectivity index (χ2v) is 9.41. The molecule has 1 aliphatic rings. The lowest BCUT2D eigenvalue weighted by Crippen LogP contribution is -2.46. The second kappa shape index (κ2) is 9.98. The van der Waals surface area contributed by atoms with Gasteiger partial charge in [-0.2, -0.15) is 0 Å². The van der Waals surface area contributed by atoms with E-state index in [0.29, 0.717) is 28.9 Å². The van der Waals surface area contributed by atoms with Gasteiger partial charge < -0.3 is 20.3 Å². The van der Waals surface area contributed by atoms with Crippen LogP contribution in [0, 0.1) is 11.3 Å². The number of urea groups is 1. The quantitative estimate of drug-likeness (QED) is 0.619. The van der Waals surface area contributed by atoms with Crippen molar-refractivity contribution in [1.29, 1.82) is 0 Å². The van der Waals surface area contributed by atoms with Gasteiger partial charge in [0.05, 0.1) is 18.2 Å². The van der Waals surface area contributed by atoms with Gasteiger partial charge in [0.2, 0.25) is 5.91 Å². The maximum Gasteiger partial charge on any atom is 0.338 e. The maximum atomic E-state index is 12.6. The van der Waals surface area contributed by atoms with E-state index in [2.05, 4.69) is 38.3 Å². The van der Waals surface area contributed by atoms with E-state index in [1.807, 2.05) is 6.07 Å². The third-order valence-corrected chi connectivity index (χ3v) is 5.25. The first-order valence-corrected chi connectivity index (χ1v) is 10.7. The second-order valence-electron chi connectivity index (χ2n) is 9.41. The van der Waals surface area contributed by atoms with Gasteiger partial charge in [-0.15, -0.1) is 0 Å². The number of nitrogens with zero attached hydrogens (tertiary/aromatic N) is 1. The molecule has 7 nitrogen and oxygen atoms in total. The molecule has 0 aliphatic carbocycles. The molecule has 1 aromatic carbocycles. The van der Waals surface area contributed by atoms with Gasteiger partial charge in [0, 0.05) is 24.9 Å². The van der Waals surface area contributed by atoms with Crippen LogP contribution in [-0.4, -0.2) is 36.5 Å². The summed E-state index contributed by atoms with van der Waals surface area (Å²) in [6.45, 7) is 12.3. The molecular formula is C24H35N3O4. The number of ether oxygens (including phenoxy) is 1. The van der Waals surface area contributed by atoms with Crippen LogP contribution >= 0.6 is 0 Å². The van der Waals surface area contributed by atoms with E-state index >= 15 is 0 Å². The normalized spacial score (nSPS) is 17.8. The predicted molar refractivity (Wildman–Crippen MR) is 121 cm³/mol. The highest BCUT2D eigenvalue weighted by molar-refractivity contribution is 5.95. The molecule has 3 amide bonds. The summed E-state index contributed by atoms with van der Waals surface area (Å²) in [6, 6.07) is 6.25. The van der Waals surface area contributed by atoms with Gasteiger partial charge in [-0.25, -0.2) is 9.59 Å². The zero-order valence-electron chi connectivity index (χ0n) is 19.7. The zero-order valence-corrected chi connectivity index (χ0v) is 19.7. The summed E-state index contributed by atoms with van der Waals surface area (Å²) < 4.78 is 5.22. The van der Waals surface area contributed by atoms with Crippen molar-refractivity contribution < 1.29 is 19.1 Å². The van der Waals surface area contributed by atoms with E-state index in [1.165, 1.54) is 4.90 Å². The van der Waals surface area contributed by atoms with Crippen LogP contribution in [0.1, 0.15) is 66.0 Å². The largest absolute Gasteiger partial charge is 0.463 e. The molecule has 2 N–H and O–H groups in total. The third-order valence-electron chi connectivity index (χ3n) is 5.25. The van der Waals surface area contributed by atoms with Crippen molar-refractivity contribution in [2.75, 3.05) is 19.0 Å². The number of carbonyl (C=O) groups excluding carboxylic acids is 3. The molecule has 170 valence electrons. The molecule has 0 bridgehead atoms. The fraction of sp³-hybridized carbons (Fsp3) is 0.542. The Balaban J connectivity index is 2.24. The molecule has 2 rings (SSSR count). The van der Waals surface area contributed by atoms with Gasteiger partial charge in [0.1, 0.15) is 0 Å². The smallest absolute Gasteiger partial charge is 0.338 e. The molecule has 0 aromatic heterocycles. The lowest BCUT2D eigenvalue weighted by Gasteiger charge is -2.33. The fourth-order valence-corrected chi connectivity index (χ4v) is 4.00. The summed E-state index contributed by atoms with van der Waals surface area (Å²) in [6.07, 6.45) is 1.38. The van der Waals surface area contributed by atoms with E-state index in [4.69, 9.17) is 4.74 Å². The van der Waals surface area contributed by atoms with E-state index < -0.39 is 12.0 Å². The highest BCUT2D eigenvalue weighted by Gasteiger charge is 2.35. The predicted octanol–water partition coefficient (Wildman–Crippen LogP) is 4.62. The number of benzene rings is 1. The molecule has 0 saturated heterocycles. The van der Waals surface area contributed by atoms with Crippen molar-refractivity contribution in [3.8, 4) is 0 Å². The number of anilines is 1. The maximum absolute atomic E-state index is 12.6. The Labute approximate surface area is 185 Å². The van der Waals surface area contributed by atoms with Crippen LogP contribution < -0.4 is 10.6 Å². The van der Waals surface area contributed by atoms with Crippen molar-refractivity contribution in [2.24, 2.45) is 11.3 Å². The summed E-state index contributed by atoms with van der Waals surface area (Å²) >= 11 is 0. The minimum Gasteiger partial charge on any atom is -0.463 e. The monoisotopic (exact) mass is 429 g/mol. The van der Waals surface area contributed by atoms with Crippen molar-refractivity contribution in [3.63, 3.8) is 0 Å². The van der Waals surface area contributed by atoms with Crippen LogP contribution in [-0.2, 0) is 14.3 Å². The Morgan fingerprint density at radius 2 is 1.97 bits per heavy atom. The number of rotatable bonds is 7. The minimum absolute atomic E-state index is 0.0568. The summed E-state index contributed by atoms with van der Waals surface area (Å²) in [7, 11) is 1.61. The number of amides is 3. The summed E-state index contributed by atoms with van der Waals surface area (Å²) in [5.41, 5.74) is 2.41. The zero-order chi connectivity index (χ0) is 23.3. The molecular weight excluding hydrogens is 394 g/mol. The number of hydrogen-bond acceptors (Lipinski definition) is 4. The van der Waals surface area contributed by atoms with Crippen molar-refractivity contribution in [3.05, 3.63) is 41.1 Å². The van der Waals surface area contributed by atoms with Crippen molar-refractivity contribution in [1.82, 2.24) is 10.2 Å². The van der Waals surface area contributed by atoms with Gasteiger partial charge in [-0.05, 0) is 49.3 Å². The van der Waals surface area contributed by atoms with Crippen LogP contribution in [0.4, 0.5) is 10.5 Å². The average Bonchev–Trinajstić information content (AvgIpc) is 2.64. The van der Waals surface area contributed by atoms with Gasteiger partial charge in [-0.1, -0.05) is 39.8 Å². The molecule has 7 heteroatoms. The first kappa shape index (κ1) is 24.4. The van der Waals surface area contributed by atoms with Gasteiger partial charge >= 0.3 is 12.0 Å². The Hall–Kier alpha value is -2.83. The number of hydrogen-bond donors (Lipinski definition) is 2. The molecule has 1 aromatic rings.